The lowest BCUT2D eigenvalue weighted by molar-refractivity contribution is -0.116. The second kappa shape index (κ2) is 9.89. The topological polar surface area (TPSA) is 154 Å². The maximum atomic E-state index is 13.0. The summed E-state index contributed by atoms with van der Waals surface area (Å²) in [4.78, 5) is 58.4. The largest absolute Gasteiger partial charge is 0.321 e. The number of carbonyl (C=O) groups is 3. The highest BCUT2D eigenvalue weighted by molar-refractivity contribution is 6.42. The van der Waals surface area contributed by atoms with Gasteiger partial charge < -0.3 is 10.6 Å². The molecule has 0 fully saturated rings. The van der Waals surface area contributed by atoms with Crippen molar-refractivity contribution in [2.45, 2.75) is 13.3 Å². The fourth-order valence-corrected chi connectivity index (χ4v) is 4.66. The van der Waals surface area contributed by atoms with Crippen LogP contribution in [0.15, 0.2) is 52.6 Å². The highest BCUT2D eigenvalue weighted by atomic mass is 35.5. The van der Waals surface area contributed by atoms with Gasteiger partial charge in [-0.1, -0.05) is 40.9 Å². The number of nitrogens with zero attached hydrogens (tertiary/aromatic N) is 5. The van der Waals surface area contributed by atoms with Gasteiger partial charge in [0, 0.05) is 22.3 Å². The van der Waals surface area contributed by atoms with Crippen molar-refractivity contribution < 1.29 is 14.4 Å². The van der Waals surface area contributed by atoms with Crippen molar-refractivity contribution in [2.75, 3.05) is 10.3 Å². The maximum Gasteiger partial charge on any atom is 0.274 e. The number of nitrogens with one attached hydrogen (secondary N) is 3. The number of benzene rings is 2. The van der Waals surface area contributed by atoms with Gasteiger partial charge in [-0.25, -0.2) is 9.97 Å². The first-order valence-corrected chi connectivity index (χ1v) is 12.0. The van der Waals surface area contributed by atoms with E-state index in [1.54, 1.807) is 19.1 Å². The molecule has 0 spiro atoms. The molecule has 2 aromatic carbocycles. The molecule has 0 saturated carbocycles. The summed E-state index contributed by atoms with van der Waals surface area (Å²) < 4.78 is 1.08. The smallest absolute Gasteiger partial charge is 0.274 e. The number of anilines is 2. The molecule has 3 amide bonds. The normalized spacial score (nSPS) is 13.1. The number of aromatic nitrogens is 4. The number of hydrazone groups is 1. The number of carbonyl (C=O) groups excluding carboxylic acids is 3. The van der Waals surface area contributed by atoms with E-state index < -0.39 is 23.3 Å². The van der Waals surface area contributed by atoms with Crippen LogP contribution in [0.3, 0.4) is 0 Å². The van der Waals surface area contributed by atoms with Crippen molar-refractivity contribution >= 4 is 75.5 Å². The van der Waals surface area contributed by atoms with Gasteiger partial charge in [0.2, 0.25) is 0 Å². The third-order valence-electron chi connectivity index (χ3n) is 5.47. The van der Waals surface area contributed by atoms with Crippen LogP contribution in [0.1, 0.15) is 32.8 Å². The summed E-state index contributed by atoms with van der Waals surface area (Å²) in [6, 6.07) is 8.57. The van der Waals surface area contributed by atoms with Crippen LogP contribution in [0.5, 0.6) is 0 Å². The molecular weight excluding hydrogens is 559 g/mol. The van der Waals surface area contributed by atoms with Gasteiger partial charge in [-0.3, -0.25) is 24.3 Å². The molecule has 0 atom stereocenters. The molecule has 3 heterocycles. The Labute approximate surface area is 228 Å². The molecule has 0 radical (unpaired) electrons. The Morgan fingerprint density at radius 1 is 1.00 bits per heavy atom. The predicted molar refractivity (Wildman–Crippen MR) is 141 cm³/mol. The van der Waals surface area contributed by atoms with Crippen LogP contribution in [0.4, 0.5) is 11.4 Å². The molecule has 0 aliphatic carbocycles. The number of halogens is 3. The molecule has 15 heteroatoms. The van der Waals surface area contributed by atoms with Crippen LogP contribution in [0.2, 0.25) is 15.1 Å². The molecule has 0 unspecified atom stereocenters. The maximum absolute atomic E-state index is 13.0. The van der Waals surface area contributed by atoms with E-state index in [0.29, 0.717) is 10.6 Å². The van der Waals surface area contributed by atoms with Crippen LogP contribution in [-0.4, -0.2) is 43.1 Å². The Balaban J connectivity index is 1.35. The SMILES string of the molecule is Cc1ccc(NC(=O)c2cc(=O)n3[nH]cnc3n2)cc1C(=O)NC1=NN(c2c(Cl)cc(Cl)cc2Cl)C(=O)C1. The van der Waals surface area contributed by atoms with E-state index in [4.69, 9.17) is 34.8 Å². The van der Waals surface area contributed by atoms with Crippen LogP contribution in [0.25, 0.3) is 5.78 Å². The number of amides is 3. The van der Waals surface area contributed by atoms with Gasteiger partial charge in [0.05, 0.1) is 16.5 Å². The molecule has 1 aliphatic rings. The van der Waals surface area contributed by atoms with E-state index in [9.17, 15) is 19.2 Å². The summed E-state index contributed by atoms with van der Waals surface area (Å²) in [5.41, 5.74) is 0.584. The molecule has 1 aliphatic heterocycles. The number of hydrogen-bond donors (Lipinski definition) is 3. The summed E-state index contributed by atoms with van der Waals surface area (Å²) >= 11 is 18.3. The Morgan fingerprint density at radius 2 is 1.74 bits per heavy atom. The molecule has 5 rings (SSSR count). The summed E-state index contributed by atoms with van der Waals surface area (Å²) in [6.07, 6.45) is 1.07. The van der Waals surface area contributed by atoms with Gasteiger partial charge in [-0.15, -0.1) is 0 Å². The van der Waals surface area contributed by atoms with Crippen molar-refractivity contribution in [2.24, 2.45) is 5.10 Å². The number of hydrogen-bond acceptors (Lipinski definition) is 7. The lowest BCUT2D eigenvalue weighted by atomic mass is 10.1. The summed E-state index contributed by atoms with van der Waals surface area (Å²) in [5, 5.41) is 13.5. The monoisotopic (exact) mass is 572 g/mol. The number of H-pyrrole nitrogens is 1. The lowest BCUT2D eigenvalue weighted by Crippen LogP contribution is -2.30. The zero-order valence-corrected chi connectivity index (χ0v) is 21.5. The van der Waals surface area contributed by atoms with Crippen molar-refractivity contribution in [3.8, 4) is 0 Å². The number of aromatic amines is 1. The van der Waals surface area contributed by atoms with E-state index in [1.165, 1.54) is 24.5 Å². The summed E-state index contributed by atoms with van der Waals surface area (Å²) in [5.74, 6) is -1.57. The third-order valence-corrected chi connectivity index (χ3v) is 6.26. The van der Waals surface area contributed by atoms with Gasteiger partial charge >= 0.3 is 0 Å². The first-order chi connectivity index (χ1) is 18.1. The molecule has 3 N–H and O–H groups in total. The molecule has 12 nitrogen and oxygen atoms in total. The van der Waals surface area contributed by atoms with Crippen molar-refractivity contribution in [3.63, 3.8) is 0 Å². The standard InChI is InChI=1S/C23H15Cl3N8O4/c1-10-2-3-12(29-22(38)16-7-18(35)34-23(30-16)27-9-28-34)6-13(10)21(37)31-17-8-19(36)33(32-17)20-14(25)4-11(24)5-15(20)26/h2-7,9H,8H2,1H3,(H,29,38)(H,27,28,30)(H,31,32,37). The average molecular weight is 574 g/mol. The van der Waals surface area contributed by atoms with Crippen molar-refractivity contribution in [3.05, 3.63) is 85.0 Å². The molecule has 2 aromatic heterocycles. The Morgan fingerprint density at radius 3 is 2.47 bits per heavy atom. The number of amidine groups is 1. The van der Waals surface area contributed by atoms with Gasteiger partial charge in [0.15, 0.2) is 0 Å². The molecular formula is C23H15Cl3N8O4. The van der Waals surface area contributed by atoms with E-state index in [-0.39, 0.29) is 50.7 Å². The van der Waals surface area contributed by atoms with Gasteiger partial charge in [-0.2, -0.15) is 14.6 Å². The molecule has 4 aromatic rings. The van der Waals surface area contributed by atoms with E-state index >= 15 is 0 Å². The predicted octanol–water partition coefficient (Wildman–Crippen LogP) is 3.42. The Bertz CT molecular complexity index is 1720. The zero-order valence-electron chi connectivity index (χ0n) is 19.3. The number of rotatable bonds is 4. The minimum atomic E-state index is -0.666. The quantitative estimate of drug-likeness (QED) is 0.340. The second-order valence-electron chi connectivity index (χ2n) is 8.09. The third kappa shape index (κ3) is 4.84. The summed E-state index contributed by atoms with van der Waals surface area (Å²) in [7, 11) is 0. The van der Waals surface area contributed by atoms with E-state index in [2.05, 4.69) is 30.8 Å². The fourth-order valence-electron chi connectivity index (χ4n) is 3.69. The fraction of sp³-hybridized carbons (Fsp3) is 0.0870. The van der Waals surface area contributed by atoms with Crippen LogP contribution in [0, 0.1) is 6.92 Å². The molecule has 0 bridgehead atoms. The minimum Gasteiger partial charge on any atom is -0.321 e. The van der Waals surface area contributed by atoms with Crippen LogP contribution >= 0.6 is 34.8 Å². The van der Waals surface area contributed by atoms with E-state index in [1.807, 2.05) is 0 Å². The Kier molecular flexibility index (Phi) is 6.61. The Hall–Kier alpha value is -4.26. The second-order valence-corrected chi connectivity index (χ2v) is 9.34. The molecule has 0 saturated heterocycles. The lowest BCUT2D eigenvalue weighted by Gasteiger charge is -2.15. The van der Waals surface area contributed by atoms with Gasteiger partial charge in [-0.05, 0) is 36.8 Å². The average Bonchev–Trinajstić information content (AvgIpc) is 3.46. The first-order valence-electron chi connectivity index (χ1n) is 10.8. The van der Waals surface area contributed by atoms with Crippen LogP contribution < -0.4 is 21.2 Å². The van der Waals surface area contributed by atoms with Crippen molar-refractivity contribution in [1.82, 2.24) is 24.9 Å². The molecule has 192 valence electrons. The zero-order chi connectivity index (χ0) is 27.1. The minimum absolute atomic E-state index is 0.0359. The highest BCUT2D eigenvalue weighted by Gasteiger charge is 2.30. The molecule has 38 heavy (non-hydrogen) atoms. The number of aryl methyl sites for hydroxylation is 1. The van der Waals surface area contributed by atoms with Gasteiger partial charge in [0.1, 0.15) is 23.5 Å². The van der Waals surface area contributed by atoms with Crippen LogP contribution in [-0.2, 0) is 4.79 Å². The highest BCUT2D eigenvalue weighted by Crippen LogP contribution is 2.38. The van der Waals surface area contributed by atoms with Gasteiger partial charge in [0.25, 0.3) is 29.1 Å². The van der Waals surface area contributed by atoms with E-state index in [0.717, 1.165) is 15.6 Å². The summed E-state index contributed by atoms with van der Waals surface area (Å²) in [6.45, 7) is 1.70. The van der Waals surface area contributed by atoms with Crippen molar-refractivity contribution in [1.29, 1.82) is 0 Å². The number of fused-ring (bicyclic) bond motifs is 1. The first kappa shape index (κ1) is 25.4.